The molecule has 3 heteroatoms. The first-order valence-corrected chi connectivity index (χ1v) is 8.37. The normalized spacial score (nSPS) is 10.8. The molecule has 0 spiro atoms. The highest BCUT2D eigenvalue weighted by Crippen LogP contribution is 2.12. The van der Waals surface area contributed by atoms with Crippen LogP contribution < -0.4 is 10.1 Å². The SMILES string of the molecule is CCCCCCCNCc1ccc(OCCOCC)cc1. The molecule has 0 atom stereocenters. The summed E-state index contributed by atoms with van der Waals surface area (Å²) in [6.07, 6.45) is 6.66. The number of ether oxygens (including phenoxy) is 2. The summed E-state index contributed by atoms with van der Waals surface area (Å²) in [6, 6.07) is 8.31. The maximum Gasteiger partial charge on any atom is 0.119 e. The van der Waals surface area contributed by atoms with Gasteiger partial charge in [0.05, 0.1) is 6.61 Å². The molecule has 0 saturated carbocycles. The molecule has 0 bridgehead atoms. The Morgan fingerprint density at radius 3 is 2.38 bits per heavy atom. The van der Waals surface area contributed by atoms with E-state index in [2.05, 4.69) is 24.4 Å². The predicted octanol–water partition coefficient (Wildman–Crippen LogP) is 4.16. The quantitative estimate of drug-likeness (QED) is 0.554. The Balaban J connectivity index is 2.07. The second-order valence-corrected chi connectivity index (χ2v) is 5.28. The molecule has 21 heavy (non-hydrogen) atoms. The second kappa shape index (κ2) is 12.7. The number of nitrogens with one attached hydrogen (secondary N) is 1. The third kappa shape index (κ3) is 9.48. The molecule has 0 unspecified atom stereocenters. The molecular formula is C18H31NO2. The Kier molecular flexibility index (Phi) is 10.8. The van der Waals surface area contributed by atoms with Crippen LogP contribution >= 0.6 is 0 Å². The van der Waals surface area contributed by atoms with Crippen molar-refractivity contribution in [2.75, 3.05) is 26.4 Å². The van der Waals surface area contributed by atoms with E-state index >= 15 is 0 Å². The van der Waals surface area contributed by atoms with Crippen molar-refractivity contribution in [1.29, 1.82) is 0 Å². The third-order valence-corrected chi connectivity index (χ3v) is 3.41. The van der Waals surface area contributed by atoms with Crippen LogP contribution in [-0.2, 0) is 11.3 Å². The number of hydrogen-bond donors (Lipinski definition) is 1. The van der Waals surface area contributed by atoms with Gasteiger partial charge in [-0.25, -0.2) is 0 Å². The zero-order valence-corrected chi connectivity index (χ0v) is 13.7. The molecular weight excluding hydrogens is 262 g/mol. The van der Waals surface area contributed by atoms with Crippen molar-refractivity contribution in [2.24, 2.45) is 0 Å². The summed E-state index contributed by atoms with van der Waals surface area (Å²) in [5, 5.41) is 3.50. The lowest BCUT2D eigenvalue weighted by atomic mass is 10.1. The van der Waals surface area contributed by atoms with Crippen LogP contribution in [0.15, 0.2) is 24.3 Å². The highest BCUT2D eigenvalue weighted by molar-refractivity contribution is 5.27. The van der Waals surface area contributed by atoms with E-state index < -0.39 is 0 Å². The zero-order valence-electron chi connectivity index (χ0n) is 13.7. The second-order valence-electron chi connectivity index (χ2n) is 5.28. The first-order valence-electron chi connectivity index (χ1n) is 8.37. The van der Waals surface area contributed by atoms with Crippen LogP contribution in [0.3, 0.4) is 0 Å². The molecule has 0 saturated heterocycles. The summed E-state index contributed by atoms with van der Waals surface area (Å²) >= 11 is 0. The lowest BCUT2D eigenvalue weighted by Crippen LogP contribution is -2.14. The Labute approximate surface area is 130 Å². The predicted molar refractivity (Wildman–Crippen MR) is 88.9 cm³/mol. The standard InChI is InChI=1S/C18H31NO2/c1-3-5-6-7-8-13-19-16-17-9-11-18(12-10-17)21-15-14-20-4-2/h9-12,19H,3-8,13-16H2,1-2H3. The smallest absolute Gasteiger partial charge is 0.119 e. The van der Waals surface area contributed by atoms with Crippen molar-refractivity contribution in [3.63, 3.8) is 0 Å². The van der Waals surface area contributed by atoms with Crippen molar-refractivity contribution in [1.82, 2.24) is 5.32 Å². The maximum absolute atomic E-state index is 5.60. The Morgan fingerprint density at radius 2 is 1.67 bits per heavy atom. The fraction of sp³-hybridized carbons (Fsp3) is 0.667. The van der Waals surface area contributed by atoms with Crippen molar-refractivity contribution >= 4 is 0 Å². The first kappa shape index (κ1) is 18.0. The monoisotopic (exact) mass is 293 g/mol. The van der Waals surface area contributed by atoms with E-state index in [1.54, 1.807) is 0 Å². The van der Waals surface area contributed by atoms with Crippen LogP contribution in [0.5, 0.6) is 5.75 Å². The van der Waals surface area contributed by atoms with Crippen LogP contribution in [0.25, 0.3) is 0 Å². The van der Waals surface area contributed by atoms with Gasteiger partial charge in [-0.05, 0) is 37.6 Å². The Hall–Kier alpha value is -1.06. The van der Waals surface area contributed by atoms with Crippen LogP contribution in [-0.4, -0.2) is 26.4 Å². The summed E-state index contributed by atoms with van der Waals surface area (Å²) in [6.45, 7) is 8.30. The molecule has 0 radical (unpaired) electrons. The summed E-state index contributed by atoms with van der Waals surface area (Å²) < 4.78 is 10.8. The molecule has 0 amide bonds. The van der Waals surface area contributed by atoms with Gasteiger partial charge in [0, 0.05) is 13.2 Å². The molecule has 0 aliphatic rings. The molecule has 120 valence electrons. The number of rotatable bonds is 13. The van der Waals surface area contributed by atoms with E-state index in [-0.39, 0.29) is 0 Å². The van der Waals surface area contributed by atoms with E-state index in [1.807, 2.05) is 19.1 Å². The average Bonchev–Trinajstić information content (AvgIpc) is 2.52. The number of unbranched alkanes of at least 4 members (excludes halogenated alkanes) is 4. The first-order chi connectivity index (χ1) is 10.4. The summed E-state index contributed by atoms with van der Waals surface area (Å²) in [4.78, 5) is 0. The van der Waals surface area contributed by atoms with Crippen LogP contribution in [0, 0.1) is 0 Å². The van der Waals surface area contributed by atoms with Gasteiger partial charge >= 0.3 is 0 Å². The molecule has 3 nitrogen and oxygen atoms in total. The minimum atomic E-state index is 0.614. The van der Waals surface area contributed by atoms with Gasteiger partial charge in [0.2, 0.25) is 0 Å². The largest absolute Gasteiger partial charge is 0.491 e. The van der Waals surface area contributed by atoms with Gasteiger partial charge in [0.25, 0.3) is 0 Å². The fourth-order valence-corrected chi connectivity index (χ4v) is 2.15. The molecule has 1 aromatic rings. The molecule has 1 rings (SSSR count). The highest BCUT2D eigenvalue weighted by Gasteiger charge is 1.96. The van der Waals surface area contributed by atoms with Crippen molar-refractivity contribution in [2.45, 2.75) is 52.5 Å². The van der Waals surface area contributed by atoms with Gasteiger partial charge < -0.3 is 14.8 Å². The summed E-state index contributed by atoms with van der Waals surface area (Å²) in [5.41, 5.74) is 1.31. The molecule has 0 aliphatic heterocycles. The van der Waals surface area contributed by atoms with E-state index in [0.29, 0.717) is 13.2 Å². The summed E-state index contributed by atoms with van der Waals surface area (Å²) in [5.74, 6) is 0.915. The minimum absolute atomic E-state index is 0.614. The maximum atomic E-state index is 5.60. The van der Waals surface area contributed by atoms with E-state index in [1.165, 1.54) is 37.7 Å². The van der Waals surface area contributed by atoms with Crippen molar-refractivity contribution in [3.8, 4) is 5.75 Å². The lowest BCUT2D eigenvalue weighted by Gasteiger charge is -2.08. The van der Waals surface area contributed by atoms with Gasteiger partial charge in [0.1, 0.15) is 12.4 Å². The summed E-state index contributed by atoms with van der Waals surface area (Å²) in [7, 11) is 0. The van der Waals surface area contributed by atoms with Crippen LogP contribution in [0.4, 0.5) is 0 Å². The molecule has 1 N–H and O–H groups in total. The molecule has 0 fully saturated rings. The van der Waals surface area contributed by atoms with E-state index in [0.717, 1.165) is 25.4 Å². The van der Waals surface area contributed by atoms with E-state index in [4.69, 9.17) is 9.47 Å². The van der Waals surface area contributed by atoms with Crippen LogP contribution in [0.1, 0.15) is 51.5 Å². The molecule has 0 aromatic heterocycles. The molecule has 1 aromatic carbocycles. The van der Waals surface area contributed by atoms with Gasteiger partial charge in [-0.2, -0.15) is 0 Å². The van der Waals surface area contributed by atoms with Crippen molar-refractivity contribution < 1.29 is 9.47 Å². The molecule has 0 aliphatic carbocycles. The highest BCUT2D eigenvalue weighted by atomic mass is 16.5. The number of benzene rings is 1. The van der Waals surface area contributed by atoms with Gasteiger partial charge in [0.15, 0.2) is 0 Å². The average molecular weight is 293 g/mol. The van der Waals surface area contributed by atoms with Gasteiger partial charge in [-0.1, -0.05) is 44.7 Å². The third-order valence-electron chi connectivity index (χ3n) is 3.41. The Morgan fingerprint density at radius 1 is 0.905 bits per heavy atom. The van der Waals surface area contributed by atoms with E-state index in [9.17, 15) is 0 Å². The minimum Gasteiger partial charge on any atom is -0.491 e. The lowest BCUT2D eigenvalue weighted by molar-refractivity contribution is 0.110. The Bertz CT molecular complexity index is 338. The molecule has 0 heterocycles. The topological polar surface area (TPSA) is 30.5 Å². The van der Waals surface area contributed by atoms with Crippen molar-refractivity contribution in [3.05, 3.63) is 29.8 Å². The number of hydrogen-bond acceptors (Lipinski definition) is 3. The van der Waals surface area contributed by atoms with Gasteiger partial charge in [-0.3, -0.25) is 0 Å². The van der Waals surface area contributed by atoms with Crippen LogP contribution in [0.2, 0.25) is 0 Å². The van der Waals surface area contributed by atoms with Gasteiger partial charge in [-0.15, -0.1) is 0 Å². The fourth-order valence-electron chi connectivity index (χ4n) is 2.15. The zero-order chi connectivity index (χ0) is 15.2.